The number of nitrogens with zero attached hydrogens (tertiary/aromatic N) is 1. The molecule has 22 heavy (non-hydrogen) atoms. The van der Waals surface area contributed by atoms with Gasteiger partial charge in [-0.2, -0.15) is 5.26 Å². The number of carbonyl (C=O) groups is 1. The molecule has 0 radical (unpaired) electrons. The van der Waals surface area contributed by atoms with Crippen molar-refractivity contribution in [1.82, 2.24) is 5.32 Å². The van der Waals surface area contributed by atoms with Gasteiger partial charge in [0.05, 0.1) is 0 Å². The minimum Gasteiger partial charge on any atom is -0.338 e. The molecule has 2 aromatic carbocycles. The second kappa shape index (κ2) is 8.47. The molecule has 0 spiro atoms. The topological polar surface area (TPSA) is 64.9 Å². The lowest BCUT2D eigenvalue weighted by atomic mass is 10.1. The van der Waals surface area contributed by atoms with E-state index in [0.29, 0.717) is 12.2 Å². The van der Waals surface area contributed by atoms with Crippen molar-refractivity contribution in [2.24, 2.45) is 0 Å². The van der Waals surface area contributed by atoms with E-state index in [-0.39, 0.29) is 6.03 Å². The maximum Gasteiger partial charge on any atom is 0.319 e. The van der Waals surface area contributed by atoms with Crippen LogP contribution in [0.25, 0.3) is 0 Å². The number of urea groups is 1. The van der Waals surface area contributed by atoms with Crippen LogP contribution in [0.3, 0.4) is 0 Å². The third-order valence-electron chi connectivity index (χ3n) is 2.86. The number of thioether (sulfide) groups is 1. The number of halogens is 1. The van der Waals surface area contributed by atoms with Gasteiger partial charge in [0.1, 0.15) is 5.40 Å². The summed E-state index contributed by atoms with van der Waals surface area (Å²) in [5, 5.41) is 16.2. The quantitative estimate of drug-likeness (QED) is 0.601. The minimum absolute atomic E-state index is 0.240. The summed E-state index contributed by atoms with van der Waals surface area (Å²) in [4.78, 5) is 12.6. The highest BCUT2D eigenvalue weighted by Gasteiger charge is 2.02. The molecule has 0 unspecified atom stereocenters. The van der Waals surface area contributed by atoms with Gasteiger partial charge < -0.3 is 10.6 Å². The van der Waals surface area contributed by atoms with Gasteiger partial charge in [-0.25, -0.2) is 4.79 Å². The molecule has 2 amide bonds. The van der Waals surface area contributed by atoms with E-state index in [1.54, 1.807) is 24.3 Å². The van der Waals surface area contributed by atoms with E-state index in [2.05, 4.69) is 26.6 Å². The van der Waals surface area contributed by atoms with E-state index in [1.807, 2.05) is 29.7 Å². The van der Waals surface area contributed by atoms with Gasteiger partial charge in [-0.05, 0) is 60.1 Å². The Kier molecular flexibility index (Phi) is 6.31. The number of nitrogens with one attached hydrogen (secondary N) is 2. The third-order valence-corrected chi connectivity index (χ3v) is 3.96. The summed E-state index contributed by atoms with van der Waals surface area (Å²) in [7, 11) is 0. The predicted octanol–water partition coefficient (Wildman–Crippen LogP) is 4.39. The maximum atomic E-state index is 11.8. The molecule has 0 heterocycles. The van der Waals surface area contributed by atoms with Crippen LogP contribution >= 0.6 is 27.7 Å². The van der Waals surface area contributed by atoms with Gasteiger partial charge in [-0.3, -0.25) is 0 Å². The number of anilines is 1. The van der Waals surface area contributed by atoms with E-state index in [0.717, 1.165) is 33.1 Å². The fourth-order valence-corrected chi connectivity index (χ4v) is 2.67. The van der Waals surface area contributed by atoms with Crippen molar-refractivity contribution in [1.29, 1.82) is 5.26 Å². The number of carbonyl (C=O) groups excluding carboxylic acids is 1. The molecule has 2 N–H and O–H groups in total. The minimum atomic E-state index is -0.240. The standard InChI is InChI=1S/C16H14BrN3OS/c17-13-3-1-2-12(10-13)8-9-19-16(21)20-14-4-6-15(7-5-14)22-11-18/h1-7,10H,8-9H2,(H2,19,20,21). The molecule has 0 atom stereocenters. The zero-order valence-corrected chi connectivity index (χ0v) is 14.1. The monoisotopic (exact) mass is 375 g/mol. The summed E-state index contributed by atoms with van der Waals surface area (Å²) in [5.74, 6) is 0. The number of hydrogen-bond donors (Lipinski definition) is 2. The van der Waals surface area contributed by atoms with Crippen molar-refractivity contribution in [3.63, 3.8) is 0 Å². The molecule has 0 saturated heterocycles. The summed E-state index contributed by atoms with van der Waals surface area (Å²) in [6, 6.07) is 14.9. The molecule has 0 saturated carbocycles. The number of benzene rings is 2. The molecule has 6 heteroatoms. The number of nitriles is 1. The first-order valence-electron chi connectivity index (χ1n) is 6.62. The average Bonchev–Trinajstić information content (AvgIpc) is 2.50. The predicted molar refractivity (Wildman–Crippen MR) is 92.8 cm³/mol. The fourth-order valence-electron chi connectivity index (χ4n) is 1.85. The van der Waals surface area contributed by atoms with Crippen LogP contribution in [0.5, 0.6) is 0 Å². The lowest BCUT2D eigenvalue weighted by Gasteiger charge is -2.08. The molecule has 0 aliphatic rings. The van der Waals surface area contributed by atoms with Crippen molar-refractivity contribution in [2.45, 2.75) is 11.3 Å². The molecule has 112 valence electrons. The Balaban J connectivity index is 1.77. The lowest BCUT2D eigenvalue weighted by molar-refractivity contribution is 0.252. The van der Waals surface area contributed by atoms with Gasteiger partial charge in [0, 0.05) is 21.6 Å². The zero-order chi connectivity index (χ0) is 15.8. The largest absolute Gasteiger partial charge is 0.338 e. The smallest absolute Gasteiger partial charge is 0.319 e. The van der Waals surface area contributed by atoms with Crippen LogP contribution < -0.4 is 10.6 Å². The normalized spacial score (nSPS) is 9.82. The Bertz CT molecular complexity index is 683. The van der Waals surface area contributed by atoms with E-state index in [1.165, 1.54) is 0 Å². The van der Waals surface area contributed by atoms with Crippen LogP contribution in [0.4, 0.5) is 10.5 Å². The van der Waals surface area contributed by atoms with Crippen molar-refractivity contribution in [3.8, 4) is 5.40 Å². The van der Waals surface area contributed by atoms with Crippen LogP contribution in [-0.2, 0) is 6.42 Å². The highest BCUT2D eigenvalue weighted by molar-refractivity contribution is 9.10. The Labute approximate surface area is 142 Å². The average molecular weight is 376 g/mol. The summed E-state index contributed by atoms with van der Waals surface area (Å²) < 4.78 is 1.03. The maximum absolute atomic E-state index is 11.8. The highest BCUT2D eigenvalue weighted by atomic mass is 79.9. The second-order valence-electron chi connectivity index (χ2n) is 4.48. The van der Waals surface area contributed by atoms with Crippen molar-refractivity contribution < 1.29 is 4.79 Å². The number of rotatable bonds is 5. The van der Waals surface area contributed by atoms with Crippen molar-refractivity contribution in [2.75, 3.05) is 11.9 Å². The van der Waals surface area contributed by atoms with Gasteiger partial charge >= 0.3 is 6.03 Å². The second-order valence-corrected chi connectivity index (χ2v) is 6.25. The summed E-state index contributed by atoms with van der Waals surface area (Å²) >= 11 is 4.51. The van der Waals surface area contributed by atoms with Gasteiger partial charge in [0.15, 0.2) is 0 Å². The first-order chi connectivity index (χ1) is 10.7. The lowest BCUT2D eigenvalue weighted by Crippen LogP contribution is -2.30. The Morgan fingerprint density at radius 1 is 1.23 bits per heavy atom. The molecule has 0 aromatic heterocycles. The van der Waals surface area contributed by atoms with Gasteiger partial charge in [-0.15, -0.1) is 0 Å². The Morgan fingerprint density at radius 3 is 2.68 bits per heavy atom. The summed E-state index contributed by atoms with van der Waals surface area (Å²) in [6.45, 7) is 0.560. The Morgan fingerprint density at radius 2 is 2.00 bits per heavy atom. The van der Waals surface area contributed by atoms with E-state index in [9.17, 15) is 4.79 Å². The van der Waals surface area contributed by atoms with Crippen LogP contribution in [0.1, 0.15) is 5.56 Å². The van der Waals surface area contributed by atoms with E-state index >= 15 is 0 Å². The van der Waals surface area contributed by atoms with E-state index in [4.69, 9.17) is 5.26 Å². The van der Waals surface area contributed by atoms with Crippen molar-refractivity contribution >= 4 is 39.4 Å². The van der Waals surface area contributed by atoms with Crippen molar-refractivity contribution in [3.05, 3.63) is 58.6 Å². The highest BCUT2D eigenvalue weighted by Crippen LogP contribution is 2.18. The molecule has 4 nitrogen and oxygen atoms in total. The first kappa shape index (κ1) is 16.4. The van der Waals surface area contributed by atoms with Crippen LogP contribution in [0.15, 0.2) is 57.9 Å². The van der Waals surface area contributed by atoms with Crippen LogP contribution in [0, 0.1) is 10.7 Å². The van der Waals surface area contributed by atoms with E-state index < -0.39 is 0 Å². The fraction of sp³-hybridized carbons (Fsp3) is 0.125. The molecule has 2 rings (SSSR count). The summed E-state index contributed by atoms with van der Waals surface area (Å²) in [6.07, 6.45) is 0.768. The molecular weight excluding hydrogens is 362 g/mol. The Hall–Kier alpha value is -1.97. The first-order valence-corrected chi connectivity index (χ1v) is 8.23. The molecule has 2 aromatic rings. The third kappa shape index (κ3) is 5.43. The summed E-state index contributed by atoms with van der Waals surface area (Å²) in [5.41, 5.74) is 1.86. The number of hydrogen-bond acceptors (Lipinski definition) is 3. The zero-order valence-electron chi connectivity index (χ0n) is 11.7. The van der Waals surface area contributed by atoms with Gasteiger partial charge in [0.25, 0.3) is 0 Å². The molecule has 0 bridgehead atoms. The molecule has 0 fully saturated rings. The number of amides is 2. The molecule has 0 aliphatic heterocycles. The SMILES string of the molecule is N#CSc1ccc(NC(=O)NCCc2cccc(Br)c2)cc1. The van der Waals surface area contributed by atoms with Gasteiger partial charge in [-0.1, -0.05) is 28.1 Å². The van der Waals surface area contributed by atoms with Gasteiger partial charge in [0.2, 0.25) is 0 Å². The van der Waals surface area contributed by atoms with Crippen LogP contribution in [0.2, 0.25) is 0 Å². The molecule has 0 aliphatic carbocycles. The van der Waals surface area contributed by atoms with Crippen LogP contribution in [-0.4, -0.2) is 12.6 Å². The molecular formula is C16H14BrN3OS. The number of thiocyanates is 1.